The summed E-state index contributed by atoms with van der Waals surface area (Å²) in [5.74, 6) is -0.712. The Morgan fingerprint density at radius 1 is 1.05 bits per heavy atom. The van der Waals surface area contributed by atoms with Crippen molar-refractivity contribution in [1.29, 1.82) is 0 Å². The Morgan fingerprint density at radius 2 is 1.73 bits per heavy atom. The first-order valence-electron chi connectivity index (χ1n) is 7.44. The largest absolute Gasteiger partial charge is 0.299 e. The highest BCUT2D eigenvalue weighted by Gasteiger charge is 2.13. The lowest BCUT2D eigenvalue weighted by Gasteiger charge is -2.14. The number of halogens is 2. The third kappa shape index (κ3) is 3.54. The Kier molecular flexibility index (Phi) is 4.55. The normalized spacial score (nSPS) is 15.2. The predicted octanol–water partition coefficient (Wildman–Crippen LogP) is 4.31. The third-order valence-electron chi connectivity index (χ3n) is 3.95. The van der Waals surface area contributed by atoms with Crippen LogP contribution in [-0.2, 0) is 6.54 Å². The molecule has 0 amide bonds. The van der Waals surface area contributed by atoms with Gasteiger partial charge in [0, 0.05) is 22.7 Å². The highest BCUT2D eigenvalue weighted by Crippen LogP contribution is 2.19. The number of hydrogen-bond donors (Lipinski definition) is 0. The molecular weight excluding hydrogens is 301 g/mol. The fraction of sp³-hybridized carbons (Fsp3) is 0.278. The minimum absolute atomic E-state index is 0.214. The van der Waals surface area contributed by atoms with Gasteiger partial charge in [-0.1, -0.05) is 35.9 Å². The zero-order chi connectivity index (χ0) is 15.5. The van der Waals surface area contributed by atoms with Gasteiger partial charge in [-0.05, 0) is 49.7 Å². The van der Waals surface area contributed by atoms with Crippen molar-refractivity contribution < 1.29 is 9.18 Å². The van der Waals surface area contributed by atoms with Gasteiger partial charge in [0.1, 0.15) is 5.82 Å². The molecule has 0 aliphatic carbocycles. The molecule has 1 aliphatic heterocycles. The number of ketones is 1. The zero-order valence-corrected chi connectivity index (χ0v) is 12.9. The molecule has 0 radical (unpaired) electrons. The van der Waals surface area contributed by atoms with E-state index in [-0.39, 0.29) is 16.4 Å². The first kappa shape index (κ1) is 15.2. The molecule has 2 aromatic carbocycles. The molecule has 0 spiro atoms. The lowest BCUT2D eigenvalue weighted by atomic mass is 10.0. The molecule has 0 unspecified atom stereocenters. The average Bonchev–Trinajstić information content (AvgIpc) is 2.99. The summed E-state index contributed by atoms with van der Waals surface area (Å²) in [6, 6.07) is 11.4. The van der Waals surface area contributed by atoms with Crippen LogP contribution in [0.3, 0.4) is 0 Å². The van der Waals surface area contributed by atoms with Crippen molar-refractivity contribution in [2.24, 2.45) is 0 Å². The van der Waals surface area contributed by atoms with Crippen LogP contribution in [0.1, 0.15) is 34.3 Å². The Balaban J connectivity index is 1.75. The quantitative estimate of drug-likeness (QED) is 0.783. The maximum Gasteiger partial charge on any atom is 0.193 e. The standard InChI is InChI=1S/C18H17ClFNO/c19-16-9-15(10-17(20)11-16)18(22)14-5-3-13(4-6-14)12-21-7-1-2-8-21/h3-6,9-11H,1-2,7-8,12H2. The summed E-state index contributed by atoms with van der Waals surface area (Å²) in [6.45, 7) is 3.20. The lowest BCUT2D eigenvalue weighted by molar-refractivity contribution is 0.103. The Labute approximate surface area is 134 Å². The summed E-state index contributed by atoms with van der Waals surface area (Å²) >= 11 is 5.80. The summed E-state index contributed by atoms with van der Waals surface area (Å²) in [5, 5.41) is 0.231. The maximum atomic E-state index is 13.4. The van der Waals surface area contributed by atoms with Gasteiger partial charge in [0.2, 0.25) is 0 Å². The van der Waals surface area contributed by atoms with Crippen LogP contribution >= 0.6 is 11.6 Å². The molecule has 0 bridgehead atoms. The van der Waals surface area contributed by atoms with Gasteiger partial charge in [-0.2, -0.15) is 0 Å². The zero-order valence-electron chi connectivity index (χ0n) is 12.2. The van der Waals surface area contributed by atoms with Crippen molar-refractivity contribution in [3.8, 4) is 0 Å². The molecule has 1 aliphatic rings. The predicted molar refractivity (Wildman–Crippen MR) is 85.8 cm³/mol. The van der Waals surface area contributed by atoms with Gasteiger partial charge in [0.25, 0.3) is 0 Å². The average molecular weight is 318 g/mol. The first-order valence-corrected chi connectivity index (χ1v) is 7.82. The number of carbonyl (C=O) groups excluding carboxylic acids is 1. The fourth-order valence-corrected chi connectivity index (χ4v) is 3.03. The highest BCUT2D eigenvalue weighted by molar-refractivity contribution is 6.31. The Hall–Kier alpha value is -1.71. The molecule has 2 nitrogen and oxygen atoms in total. The second-order valence-electron chi connectivity index (χ2n) is 5.67. The van der Waals surface area contributed by atoms with Crippen molar-refractivity contribution >= 4 is 17.4 Å². The minimum atomic E-state index is -0.499. The monoisotopic (exact) mass is 317 g/mol. The lowest BCUT2D eigenvalue weighted by Crippen LogP contribution is -2.18. The topological polar surface area (TPSA) is 20.3 Å². The molecule has 0 N–H and O–H groups in total. The van der Waals surface area contributed by atoms with Gasteiger partial charge < -0.3 is 0 Å². The molecule has 4 heteroatoms. The first-order chi connectivity index (χ1) is 10.6. The molecule has 1 fully saturated rings. The van der Waals surface area contributed by atoms with E-state index in [0.717, 1.165) is 19.6 Å². The van der Waals surface area contributed by atoms with E-state index in [0.29, 0.717) is 5.56 Å². The van der Waals surface area contributed by atoms with Gasteiger partial charge in [0.15, 0.2) is 5.78 Å². The molecule has 1 saturated heterocycles. The molecule has 0 aromatic heterocycles. The molecule has 0 atom stereocenters. The van der Waals surface area contributed by atoms with Gasteiger partial charge in [-0.3, -0.25) is 9.69 Å². The molecular formula is C18H17ClFNO. The highest BCUT2D eigenvalue weighted by atomic mass is 35.5. The minimum Gasteiger partial charge on any atom is -0.299 e. The number of nitrogens with zero attached hydrogens (tertiary/aromatic N) is 1. The van der Waals surface area contributed by atoms with Crippen molar-refractivity contribution in [3.63, 3.8) is 0 Å². The number of hydrogen-bond acceptors (Lipinski definition) is 2. The molecule has 22 heavy (non-hydrogen) atoms. The van der Waals surface area contributed by atoms with Crippen LogP contribution in [0.2, 0.25) is 5.02 Å². The van der Waals surface area contributed by atoms with Crippen molar-refractivity contribution in [2.45, 2.75) is 19.4 Å². The van der Waals surface area contributed by atoms with Gasteiger partial charge in [-0.15, -0.1) is 0 Å². The second kappa shape index (κ2) is 6.59. The van der Waals surface area contributed by atoms with Gasteiger partial charge >= 0.3 is 0 Å². The summed E-state index contributed by atoms with van der Waals surface area (Å²) in [4.78, 5) is 14.8. The Morgan fingerprint density at radius 3 is 2.36 bits per heavy atom. The van der Waals surface area contributed by atoms with E-state index in [1.165, 1.54) is 36.6 Å². The van der Waals surface area contributed by atoms with Crippen LogP contribution in [-0.4, -0.2) is 23.8 Å². The van der Waals surface area contributed by atoms with Crippen LogP contribution in [0, 0.1) is 5.82 Å². The van der Waals surface area contributed by atoms with Crippen molar-refractivity contribution in [1.82, 2.24) is 4.90 Å². The number of rotatable bonds is 4. The SMILES string of the molecule is O=C(c1ccc(CN2CCCC2)cc1)c1cc(F)cc(Cl)c1. The maximum absolute atomic E-state index is 13.4. The van der Waals surface area contributed by atoms with Crippen LogP contribution in [0.4, 0.5) is 4.39 Å². The van der Waals surface area contributed by atoms with Crippen LogP contribution < -0.4 is 0 Å². The number of carbonyl (C=O) groups is 1. The van der Waals surface area contributed by atoms with Crippen molar-refractivity contribution in [3.05, 3.63) is 70.0 Å². The van der Waals surface area contributed by atoms with E-state index in [1.54, 1.807) is 12.1 Å². The van der Waals surface area contributed by atoms with E-state index >= 15 is 0 Å². The summed E-state index contributed by atoms with van der Waals surface area (Å²) in [6.07, 6.45) is 2.52. The van der Waals surface area contributed by atoms with E-state index in [1.807, 2.05) is 12.1 Å². The summed E-state index contributed by atoms with van der Waals surface area (Å²) < 4.78 is 13.4. The van der Waals surface area contributed by atoms with E-state index in [4.69, 9.17) is 11.6 Å². The van der Waals surface area contributed by atoms with E-state index in [9.17, 15) is 9.18 Å². The van der Waals surface area contributed by atoms with Crippen LogP contribution in [0.5, 0.6) is 0 Å². The fourth-order valence-electron chi connectivity index (χ4n) is 2.81. The van der Waals surface area contributed by atoms with Crippen molar-refractivity contribution in [2.75, 3.05) is 13.1 Å². The van der Waals surface area contributed by atoms with Crippen LogP contribution in [0.25, 0.3) is 0 Å². The van der Waals surface area contributed by atoms with E-state index in [2.05, 4.69) is 4.90 Å². The molecule has 1 heterocycles. The molecule has 114 valence electrons. The molecule has 3 rings (SSSR count). The summed E-state index contributed by atoms with van der Waals surface area (Å²) in [5.41, 5.74) is 2.01. The number of benzene rings is 2. The van der Waals surface area contributed by atoms with Gasteiger partial charge in [-0.25, -0.2) is 4.39 Å². The third-order valence-corrected chi connectivity index (χ3v) is 4.16. The number of likely N-dealkylation sites (tertiary alicyclic amines) is 1. The molecule has 0 saturated carbocycles. The smallest absolute Gasteiger partial charge is 0.193 e. The summed E-state index contributed by atoms with van der Waals surface area (Å²) in [7, 11) is 0. The second-order valence-corrected chi connectivity index (χ2v) is 6.10. The van der Waals surface area contributed by atoms with Crippen LogP contribution in [0.15, 0.2) is 42.5 Å². The molecule has 2 aromatic rings. The van der Waals surface area contributed by atoms with E-state index < -0.39 is 5.82 Å². The van der Waals surface area contributed by atoms with Gasteiger partial charge in [0.05, 0.1) is 0 Å². The Bertz CT molecular complexity index is 658.